The van der Waals surface area contributed by atoms with E-state index in [4.69, 9.17) is 5.41 Å². The van der Waals surface area contributed by atoms with Crippen LogP contribution in [0.3, 0.4) is 0 Å². The van der Waals surface area contributed by atoms with E-state index in [1.165, 1.54) is 27.9 Å². The molecule has 0 aliphatic carbocycles. The van der Waals surface area contributed by atoms with Crippen molar-refractivity contribution in [3.63, 3.8) is 0 Å². The van der Waals surface area contributed by atoms with Gasteiger partial charge >= 0.3 is 0 Å². The maximum absolute atomic E-state index is 12.9. The largest absolute Gasteiger partial charge is 0.318 e. The summed E-state index contributed by atoms with van der Waals surface area (Å²) in [6.07, 6.45) is 1.76. The molecule has 5 rings (SSSR count). The molecule has 6 nitrogen and oxygen atoms in total. The van der Waals surface area contributed by atoms with E-state index in [1.807, 2.05) is 51.1 Å². The molecule has 0 saturated heterocycles. The standard InChI is InChI=1S/C27H25N5OS/c1-15-7-6-8-20(10-15)26-30-32-24(28)23(25(33)29-27(32)34-26)14-21-13-18(4)31(19(21)5)22-11-16(2)9-17(3)12-22/h6-14,28H,1-5H3/b23-14+,28-24?. The number of hydrazone groups is 1. The number of carbonyl (C=O) groups is 1. The first-order valence-electron chi connectivity index (χ1n) is 11.1. The lowest BCUT2D eigenvalue weighted by atomic mass is 10.1. The average Bonchev–Trinajstić information content (AvgIpc) is 3.31. The third kappa shape index (κ3) is 3.82. The Labute approximate surface area is 203 Å². The van der Waals surface area contributed by atoms with Gasteiger partial charge in [0.15, 0.2) is 5.84 Å². The minimum atomic E-state index is -0.416. The maximum atomic E-state index is 12.9. The summed E-state index contributed by atoms with van der Waals surface area (Å²) in [6, 6.07) is 16.5. The minimum Gasteiger partial charge on any atom is -0.318 e. The van der Waals surface area contributed by atoms with Crippen molar-refractivity contribution in [2.45, 2.75) is 34.6 Å². The molecule has 34 heavy (non-hydrogen) atoms. The molecule has 0 unspecified atom stereocenters. The number of carbonyl (C=O) groups excluding carboxylic acids is 1. The Morgan fingerprint density at radius 3 is 2.38 bits per heavy atom. The van der Waals surface area contributed by atoms with Gasteiger partial charge in [-0.15, -0.1) is 0 Å². The topological polar surface area (TPSA) is 73.8 Å². The van der Waals surface area contributed by atoms with Crippen molar-refractivity contribution in [3.8, 4) is 5.69 Å². The number of nitrogens with one attached hydrogen (secondary N) is 1. The third-order valence-electron chi connectivity index (χ3n) is 5.95. The van der Waals surface area contributed by atoms with Gasteiger partial charge in [0.05, 0.1) is 5.57 Å². The van der Waals surface area contributed by atoms with E-state index < -0.39 is 5.91 Å². The Kier molecular flexibility index (Phi) is 5.37. The predicted molar refractivity (Wildman–Crippen MR) is 140 cm³/mol. The highest BCUT2D eigenvalue weighted by Gasteiger charge is 2.36. The van der Waals surface area contributed by atoms with Crippen molar-refractivity contribution in [3.05, 3.63) is 93.3 Å². The van der Waals surface area contributed by atoms with Gasteiger partial charge in [-0.1, -0.05) is 29.8 Å². The molecule has 2 aromatic carbocycles. The molecule has 2 aliphatic rings. The Bertz CT molecular complexity index is 1450. The Morgan fingerprint density at radius 1 is 0.941 bits per heavy atom. The van der Waals surface area contributed by atoms with Crippen LogP contribution in [0.15, 0.2) is 64.2 Å². The average molecular weight is 468 g/mol. The van der Waals surface area contributed by atoms with Crippen LogP contribution in [0.25, 0.3) is 11.8 Å². The molecular formula is C27H25N5OS. The van der Waals surface area contributed by atoms with E-state index in [0.717, 1.165) is 38.8 Å². The van der Waals surface area contributed by atoms with Gasteiger partial charge in [0.1, 0.15) is 5.04 Å². The lowest BCUT2D eigenvalue weighted by Gasteiger charge is -2.20. The summed E-state index contributed by atoms with van der Waals surface area (Å²) in [5, 5.41) is 15.9. The number of thioether (sulfide) groups is 1. The van der Waals surface area contributed by atoms with E-state index in [-0.39, 0.29) is 11.4 Å². The summed E-state index contributed by atoms with van der Waals surface area (Å²) < 4.78 is 2.18. The molecule has 1 N–H and O–H groups in total. The van der Waals surface area contributed by atoms with Gasteiger partial charge in [0.2, 0.25) is 5.17 Å². The second kappa shape index (κ2) is 8.25. The fourth-order valence-electron chi connectivity index (χ4n) is 4.45. The van der Waals surface area contributed by atoms with Gasteiger partial charge in [-0.25, -0.2) is 0 Å². The van der Waals surface area contributed by atoms with E-state index in [0.29, 0.717) is 5.17 Å². The highest BCUT2D eigenvalue weighted by Crippen LogP contribution is 2.32. The summed E-state index contributed by atoms with van der Waals surface area (Å²) in [5.74, 6) is -0.373. The summed E-state index contributed by atoms with van der Waals surface area (Å²) in [5.41, 5.74) is 8.74. The summed E-state index contributed by atoms with van der Waals surface area (Å²) in [6.45, 7) is 10.3. The van der Waals surface area contributed by atoms with Gasteiger partial charge in [-0.05, 0) is 93.4 Å². The van der Waals surface area contributed by atoms with E-state index in [1.54, 1.807) is 6.08 Å². The van der Waals surface area contributed by atoms with Crippen LogP contribution < -0.4 is 0 Å². The molecule has 3 heterocycles. The monoisotopic (exact) mass is 467 g/mol. The first-order chi connectivity index (χ1) is 16.2. The quantitative estimate of drug-likeness (QED) is 0.503. The fourth-order valence-corrected chi connectivity index (χ4v) is 5.34. The molecular weight excluding hydrogens is 442 g/mol. The summed E-state index contributed by atoms with van der Waals surface area (Å²) >= 11 is 1.31. The zero-order chi connectivity index (χ0) is 24.1. The summed E-state index contributed by atoms with van der Waals surface area (Å²) in [4.78, 5) is 17.2. The number of hydrogen-bond acceptors (Lipinski definition) is 4. The lowest BCUT2D eigenvalue weighted by Crippen LogP contribution is -2.35. The lowest BCUT2D eigenvalue weighted by molar-refractivity contribution is -0.114. The number of hydrogen-bond donors (Lipinski definition) is 1. The third-order valence-corrected chi connectivity index (χ3v) is 6.91. The van der Waals surface area contributed by atoms with Gasteiger partial charge in [-0.2, -0.15) is 15.1 Å². The van der Waals surface area contributed by atoms with E-state index in [2.05, 4.69) is 46.7 Å². The zero-order valence-electron chi connectivity index (χ0n) is 19.8. The fraction of sp³-hybridized carbons (Fsp3) is 0.185. The number of aryl methyl sites for hydroxylation is 4. The molecule has 0 radical (unpaired) electrons. The van der Waals surface area contributed by atoms with Crippen molar-refractivity contribution >= 4 is 39.8 Å². The normalized spacial score (nSPS) is 16.7. The number of benzene rings is 2. The number of aromatic nitrogens is 1. The van der Waals surface area contributed by atoms with Crippen LogP contribution in [0.2, 0.25) is 0 Å². The molecule has 1 aromatic heterocycles. The smallest absolute Gasteiger partial charge is 0.283 e. The van der Waals surface area contributed by atoms with Crippen LogP contribution in [0.1, 0.15) is 39.2 Å². The van der Waals surface area contributed by atoms with Gasteiger partial charge in [-0.3, -0.25) is 10.2 Å². The number of rotatable bonds is 3. The highest BCUT2D eigenvalue weighted by molar-refractivity contribution is 8.27. The van der Waals surface area contributed by atoms with Crippen molar-refractivity contribution in [2.75, 3.05) is 0 Å². The van der Waals surface area contributed by atoms with Crippen LogP contribution in [0.4, 0.5) is 0 Å². The number of amides is 1. The molecule has 3 aromatic rings. The molecule has 0 spiro atoms. The Morgan fingerprint density at radius 2 is 1.68 bits per heavy atom. The van der Waals surface area contributed by atoms with E-state index >= 15 is 0 Å². The second-order valence-electron chi connectivity index (χ2n) is 8.80. The van der Waals surface area contributed by atoms with Gasteiger partial charge < -0.3 is 4.57 Å². The first kappa shape index (κ1) is 22.1. The van der Waals surface area contributed by atoms with Crippen molar-refractivity contribution < 1.29 is 4.79 Å². The molecule has 0 fully saturated rings. The van der Waals surface area contributed by atoms with Crippen molar-refractivity contribution in [1.29, 1.82) is 5.41 Å². The van der Waals surface area contributed by atoms with Crippen molar-refractivity contribution in [2.24, 2.45) is 10.1 Å². The molecule has 0 saturated carbocycles. The van der Waals surface area contributed by atoms with Crippen LogP contribution in [-0.4, -0.2) is 31.5 Å². The van der Waals surface area contributed by atoms with Crippen molar-refractivity contribution in [1.82, 2.24) is 9.58 Å². The molecule has 170 valence electrons. The van der Waals surface area contributed by atoms with Crippen LogP contribution in [0.5, 0.6) is 0 Å². The first-order valence-corrected chi connectivity index (χ1v) is 11.9. The molecule has 2 aliphatic heterocycles. The zero-order valence-corrected chi connectivity index (χ0v) is 20.6. The van der Waals surface area contributed by atoms with Gasteiger partial charge in [0.25, 0.3) is 5.91 Å². The number of fused-ring (bicyclic) bond motifs is 1. The van der Waals surface area contributed by atoms with Gasteiger partial charge in [0, 0.05) is 22.6 Å². The highest BCUT2D eigenvalue weighted by atomic mass is 32.2. The number of aliphatic imine (C=N–C) groups is 1. The number of nitrogens with zero attached hydrogens (tertiary/aromatic N) is 4. The second-order valence-corrected chi connectivity index (χ2v) is 9.76. The SMILES string of the molecule is Cc1cccc(C2=NN3C(=N)/C(=C\c4cc(C)n(-c5cc(C)cc(C)c5)c4C)C(=O)N=C3S2)c1. The summed E-state index contributed by atoms with van der Waals surface area (Å²) in [7, 11) is 0. The molecule has 0 bridgehead atoms. The maximum Gasteiger partial charge on any atom is 0.283 e. The molecule has 7 heteroatoms. The van der Waals surface area contributed by atoms with Crippen LogP contribution in [0, 0.1) is 40.0 Å². The van der Waals surface area contributed by atoms with Crippen LogP contribution in [-0.2, 0) is 4.79 Å². The molecule has 0 atom stereocenters. The predicted octanol–water partition coefficient (Wildman–Crippen LogP) is 5.69. The molecule has 1 amide bonds. The Balaban J connectivity index is 1.52. The number of amidine groups is 2. The van der Waals surface area contributed by atoms with E-state index in [9.17, 15) is 4.79 Å². The Hall–Kier alpha value is -3.71. The van der Waals surface area contributed by atoms with Crippen LogP contribution >= 0.6 is 11.8 Å². The minimum absolute atomic E-state index is 0.0429.